The average molecular weight is 417 g/mol. The Balaban J connectivity index is 1.52. The van der Waals surface area contributed by atoms with E-state index in [-0.39, 0.29) is 5.82 Å². The third-order valence-electron chi connectivity index (χ3n) is 8.01. The van der Waals surface area contributed by atoms with E-state index in [0.29, 0.717) is 29.9 Å². The summed E-state index contributed by atoms with van der Waals surface area (Å²) in [5.74, 6) is 1.52. The van der Waals surface area contributed by atoms with Crippen LogP contribution in [0.2, 0.25) is 0 Å². The molecule has 0 aromatic heterocycles. The lowest BCUT2D eigenvalue weighted by molar-refractivity contribution is -0.139. The molecule has 0 radical (unpaired) electrons. The monoisotopic (exact) mass is 416 g/mol. The largest absolute Gasteiger partial charge is 0.481 e. The van der Waals surface area contributed by atoms with Gasteiger partial charge in [-0.3, -0.25) is 4.79 Å². The molecule has 30 heavy (non-hydrogen) atoms. The van der Waals surface area contributed by atoms with Gasteiger partial charge in [-0.05, 0) is 79.4 Å². The highest BCUT2D eigenvalue weighted by Crippen LogP contribution is 2.44. The number of halogens is 1. The van der Waals surface area contributed by atoms with Gasteiger partial charge in [-0.15, -0.1) is 0 Å². The van der Waals surface area contributed by atoms with Crippen LogP contribution in [0.25, 0.3) is 0 Å². The first-order valence-electron chi connectivity index (χ1n) is 12.5. The van der Waals surface area contributed by atoms with Gasteiger partial charge in [0.15, 0.2) is 0 Å². The Morgan fingerprint density at radius 3 is 2.07 bits per heavy atom. The first-order valence-corrected chi connectivity index (χ1v) is 12.5. The van der Waals surface area contributed by atoms with E-state index in [4.69, 9.17) is 0 Å². The summed E-state index contributed by atoms with van der Waals surface area (Å²) in [6.45, 7) is 4.33. The number of hydrogen-bond donors (Lipinski definition) is 1. The van der Waals surface area contributed by atoms with Crippen LogP contribution < -0.4 is 0 Å². The lowest BCUT2D eigenvalue weighted by Gasteiger charge is -2.38. The van der Waals surface area contributed by atoms with Crippen LogP contribution in [-0.4, -0.2) is 11.1 Å². The van der Waals surface area contributed by atoms with Gasteiger partial charge in [0, 0.05) is 0 Å². The first kappa shape index (κ1) is 23.3. The molecule has 2 aliphatic rings. The SMILES string of the molecule is CCCc1ccc(C(CC2CCC(C3CCC(CCC)CC3)CC2)C(=O)O)cc1F. The molecule has 0 amide bonds. The molecule has 2 fully saturated rings. The summed E-state index contributed by atoms with van der Waals surface area (Å²) in [4.78, 5) is 12.0. The zero-order chi connectivity index (χ0) is 21.5. The Morgan fingerprint density at radius 2 is 1.57 bits per heavy atom. The lowest BCUT2D eigenvalue weighted by Crippen LogP contribution is -2.27. The fourth-order valence-electron chi connectivity index (χ4n) is 6.22. The quantitative estimate of drug-likeness (QED) is 0.447. The first-order chi connectivity index (χ1) is 14.5. The van der Waals surface area contributed by atoms with Gasteiger partial charge in [0.1, 0.15) is 5.82 Å². The Kier molecular flexibility index (Phi) is 8.77. The van der Waals surface area contributed by atoms with Crippen LogP contribution in [0.3, 0.4) is 0 Å². The summed E-state index contributed by atoms with van der Waals surface area (Å²) >= 11 is 0. The topological polar surface area (TPSA) is 37.3 Å². The van der Waals surface area contributed by atoms with Crippen molar-refractivity contribution in [2.24, 2.45) is 23.7 Å². The molecular formula is C27H41FO2. The van der Waals surface area contributed by atoms with Gasteiger partial charge in [-0.2, -0.15) is 0 Å². The van der Waals surface area contributed by atoms with Crippen molar-refractivity contribution in [2.45, 2.75) is 103 Å². The van der Waals surface area contributed by atoms with E-state index in [2.05, 4.69) is 6.92 Å². The van der Waals surface area contributed by atoms with E-state index >= 15 is 0 Å². The highest BCUT2D eigenvalue weighted by Gasteiger charge is 2.33. The molecule has 1 unspecified atom stereocenters. The van der Waals surface area contributed by atoms with Crippen molar-refractivity contribution < 1.29 is 14.3 Å². The van der Waals surface area contributed by atoms with Crippen molar-refractivity contribution in [3.63, 3.8) is 0 Å². The van der Waals surface area contributed by atoms with Gasteiger partial charge in [0.05, 0.1) is 5.92 Å². The van der Waals surface area contributed by atoms with Crippen molar-refractivity contribution in [2.75, 3.05) is 0 Å². The third kappa shape index (κ3) is 6.08. The summed E-state index contributed by atoms with van der Waals surface area (Å²) in [6.07, 6.45) is 15.4. The number of benzene rings is 1. The standard InChI is InChI=1S/C27H41FO2/c1-3-5-19-7-11-21(12-8-19)22-13-9-20(10-14-22)17-25(27(29)30)24-16-15-23(6-4-2)26(28)18-24/h15-16,18-22,25H,3-14,17H2,1-2H3,(H,29,30). The molecule has 3 heteroatoms. The number of aryl methyl sites for hydroxylation is 1. The number of carboxylic acids is 1. The number of rotatable bonds is 9. The molecule has 3 rings (SSSR count). The molecule has 2 saturated carbocycles. The molecule has 2 nitrogen and oxygen atoms in total. The number of hydrogen-bond acceptors (Lipinski definition) is 1. The van der Waals surface area contributed by atoms with Gasteiger partial charge in [0.2, 0.25) is 0 Å². The van der Waals surface area contributed by atoms with Crippen LogP contribution in [0.1, 0.15) is 108 Å². The summed E-state index contributed by atoms with van der Waals surface area (Å²) in [5.41, 5.74) is 1.33. The van der Waals surface area contributed by atoms with E-state index in [0.717, 1.165) is 37.0 Å². The molecule has 1 aromatic rings. The summed E-state index contributed by atoms with van der Waals surface area (Å²) in [5, 5.41) is 9.82. The molecule has 0 saturated heterocycles. The molecule has 1 N–H and O–H groups in total. The zero-order valence-electron chi connectivity index (χ0n) is 19.0. The maximum absolute atomic E-state index is 14.4. The second-order valence-corrected chi connectivity index (χ2v) is 10.1. The highest BCUT2D eigenvalue weighted by atomic mass is 19.1. The molecule has 0 bridgehead atoms. The van der Waals surface area contributed by atoms with E-state index in [1.807, 2.05) is 13.0 Å². The molecule has 0 heterocycles. The van der Waals surface area contributed by atoms with Crippen LogP contribution >= 0.6 is 0 Å². The Bertz CT molecular complexity index is 669. The smallest absolute Gasteiger partial charge is 0.310 e. The molecule has 0 aliphatic heterocycles. The lowest BCUT2D eigenvalue weighted by atomic mass is 9.67. The minimum Gasteiger partial charge on any atom is -0.481 e. The van der Waals surface area contributed by atoms with E-state index in [9.17, 15) is 14.3 Å². The number of aliphatic carboxylic acids is 1. The van der Waals surface area contributed by atoms with Crippen molar-refractivity contribution in [1.82, 2.24) is 0 Å². The van der Waals surface area contributed by atoms with E-state index in [1.165, 1.54) is 57.4 Å². The van der Waals surface area contributed by atoms with E-state index < -0.39 is 11.9 Å². The summed E-state index contributed by atoms with van der Waals surface area (Å²) < 4.78 is 14.4. The second-order valence-electron chi connectivity index (χ2n) is 10.1. The highest BCUT2D eigenvalue weighted by molar-refractivity contribution is 5.76. The van der Waals surface area contributed by atoms with Crippen molar-refractivity contribution in [3.8, 4) is 0 Å². The third-order valence-corrected chi connectivity index (χ3v) is 8.01. The van der Waals surface area contributed by atoms with Gasteiger partial charge in [-0.25, -0.2) is 4.39 Å². The Hall–Kier alpha value is -1.38. The maximum atomic E-state index is 14.4. The normalized spacial score (nSPS) is 28.2. The summed E-state index contributed by atoms with van der Waals surface area (Å²) in [7, 11) is 0. The second kappa shape index (κ2) is 11.3. The van der Waals surface area contributed by atoms with Gasteiger partial charge >= 0.3 is 5.97 Å². The molecule has 1 aromatic carbocycles. The van der Waals surface area contributed by atoms with Crippen molar-refractivity contribution in [3.05, 3.63) is 35.1 Å². The van der Waals surface area contributed by atoms with Crippen LogP contribution in [0.4, 0.5) is 4.39 Å². The average Bonchev–Trinajstić information content (AvgIpc) is 2.75. The zero-order valence-corrected chi connectivity index (χ0v) is 19.0. The van der Waals surface area contributed by atoms with Crippen molar-refractivity contribution in [1.29, 1.82) is 0 Å². The molecule has 1 atom stereocenters. The summed E-state index contributed by atoms with van der Waals surface area (Å²) in [6, 6.07) is 5.10. The van der Waals surface area contributed by atoms with Crippen LogP contribution in [-0.2, 0) is 11.2 Å². The minimum atomic E-state index is -0.811. The molecule has 168 valence electrons. The Labute approximate surface area is 182 Å². The number of carbonyl (C=O) groups is 1. The predicted octanol–water partition coefficient (Wildman–Crippen LogP) is 7.75. The fraction of sp³-hybridized carbons (Fsp3) is 0.741. The van der Waals surface area contributed by atoms with E-state index in [1.54, 1.807) is 6.07 Å². The van der Waals surface area contributed by atoms with Crippen LogP contribution in [0.5, 0.6) is 0 Å². The predicted molar refractivity (Wildman–Crippen MR) is 121 cm³/mol. The molecular weight excluding hydrogens is 375 g/mol. The Morgan fingerprint density at radius 1 is 0.967 bits per heavy atom. The van der Waals surface area contributed by atoms with Crippen molar-refractivity contribution >= 4 is 5.97 Å². The molecule has 2 aliphatic carbocycles. The van der Waals surface area contributed by atoms with Crippen LogP contribution in [0, 0.1) is 29.5 Å². The fourth-order valence-corrected chi connectivity index (χ4v) is 6.22. The number of carboxylic acid groups (broad SMARTS) is 1. The maximum Gasteiger partial charge on any atom is 0.310 e. The van der Waals surface area contributed by atoms with Crippen LogP contribution in [0.15, 0.2) is 18.2 Å². The van der Waals surface area contributed by atoms with Gasteiger partial charge in [0.25, 0.3) is 0 Å². The van der Waals surface area contributed by atoms with Gasteiger partial charge in [-0.1, -0.05) is 70.9 Å². The van der Waals surface area contributed by atoms with Gasteiger partial charge < -0.3 is 5.11 Å². The minimum absolute atomic E-state index is 0.247. The molecule has 0 spiro atoms.